The smallest absolute Gasteiger partial charge is 0.328 e. The number of methoxy groups -OCH3 is 2. The number of ether oxygens (including phenoxy) is 2. The molecule has 0 aromatic heterocycles. The number of amides is 1. The number of nitro benzene ring substituents is 1. The lowest BCUT2D eigenvalue weighted by Gasteiger charge is -2.35. The standard InChI is InChI=1S/C31H28N2O6/c1-38-28-19-18-22(21-27(28)33(36)37)20-26(29(34)39-2)32-30(35)31(23-12-6-3-7-13-23,24-14-8-4-9-15-24)25-16-10-5-11-17-25/h3-19,21,26H,20H2,1-2H3,(H,32,35)/t26-/m0/s1. The third-order valence-corrected chi connectivity index (χ3v) is 6.63. The normalized spacial score (nSPS) is 11.7. The first kappa shape index (κ1) is 27.1. The second-order valence-electron chi connectivity index (χ2n) is 8.86. The molecule has 0 heterocycles. The Kier molecular flexibility index (Phi) is 8.36. The molecule has 0 unspecified atom stereocenters. The van der Waals surface area contributed by atoms with Crippen LogP contribution in [0.1, 0.15) is 22.3 Å². The maximum atomic E-state index is 14.5. The van der Waals surface area contributed by atoms with Crippen LogP contribution in [0.2, 0.25) is 0 Å². The van der Waals surface area contributed by atoms with Crippen LogP contribution in [0.3, 0.4) is 0 Å². The minimum atomic E-state index is -1.30. The van der Waals surface area contributed by atoms with Crippen LogP contribution in [-0.2, 0) is 26.2 Å². The zero-order chi connectivity index (χ0) is 27.8. The van der Waals surface area contributed by atoms with Gasteiger partial charge in [0, 0.05) is 12.5 Å². The number of nitro groups is 1. The minimum absolute atomic E-state index is 0.0301. The summed E-state index contributed by atoms with van der Waals surface area (Å²) < 4.78 is 10.1. The average molecular weight is 525 g/mol. The van der Waals surface area contributed by atoms with Crippen molar-refractivity contribution in [3.63, 3.8) is 0 Å². The van der Waals surface area contributed by atoms with Crippen molar-refractivity contribution in [1.82, 2.24) is 5.32 Å². The topological polar surface area (TPSA) is 108 Å². The van der Waals surface area contributed by atoms with E-state index in [4.69, 9.17) is 9.47 Å². The minimum Gasteiger partial charge on any atom is -0.490 e. The third-order valence-electron chi connectivity index (χ3n) is 6.63. The van der Waals surface area contributed by atoms with Crippen molar-refractivity contribution in [2.24, 2.45) is 0 Å². The van der Waals surface area contributed by atoms with Crippen LogP contribution >= 0.6 is 0 Å². The fourth-order valence-electron chi connectivity index (χ4n) is 4.80. The molecule has 39 heavy (non-hydrogen) atoms. The molecule has 8 heteroatoms. The zero-order valence-corrected chi connectivity index (χ0v) is 21.6. The van der Waals surface area contributed by atoms with E-state index >= 15 is 0 Å². The first-order chi connectivity index (χ1) is 18.9. The molecule has 0 saturated heterocycles. The summed E-state index contributed by atoms with van der Waals surface area (Å²) in [7, 11) is 2.58. The summed E-state index contributed by atoms with van der Waals surface area (Å²) in [5, 5.41) is 14.5. The number of benzene rings is 4. The number of esters is 1. The second kappa shape index (κ2) is 12.0. The van der Waals surface area contributed by atoms with Crippen molar-refractivity contribution < 1.29 is 24.0 Å². The Bertz CT molecular complexity index is 1350. The molecule has 4 aromatic carbocycles. The van der Waals surface area contributed by atoms with Crippen molar-refractivity contribution in [3.8, 4) is 5.75 Å². The van der Waals surface area contributed by atoms with Crippen LogP contribution in [0.4, 0.5) is 5.69 Å². The Morgan fingerprint density at radius 1 is 0.821 bits per heavy atom. The SMILES string of the molecule is COC(=O)[C@H](Cc1ccc(OC)c([N+](=O)[O-])c1)NC(=O)C(c1ccccc1)(c1ccccc1)c1ccccc1. The van der Waals surface area contributed by atoms with Crippen LogP contribution in [0.25, 0.3) is 0 Å². The van der Waals surface area contributed by atoms with Crippen LogP contribution in [-0.4, -0.2) is 37.1 Å². The van der Waals surface area contributed by atoms with Gasteiger partial charge in [-0.3, -0.25) is 14.9 Å². The maximum Gasteiger partial charge on any atom is 0.328 e. The summed E-state index contributed by atoms with van der Waals surface area (Å²) in [5.74, 6) is -1.02. The zero-order valence-electron chi connectivity index (χ0n) is 21.6. The van der Waals surface area contributed by atoms with E-state index in [2.05, 4.69) is 5.32 Å². The Morgan fingerprint density at radius 3 is 1.72 bits per heavy atom. The predicted molar refractivity (Wildman–Crippen MR) is 147 cm³/mol. The highest BCUT2D eigenvalue weighted by Crippen LogP contribution is 2.40. The molecule has 0 fully saturated rings. The van der Waals surface area contributed by atoms with Crippen LogP contribution in [0, 0.1) is 10.1 Å². The monoisotopic (exact) mass is 524 g/mol. The highest BCUT2D eigenvalue weighted by Gasteiger charge is 2.45. The van der Waals surface area contributed by atoms with Gasteiger partial charge in [0.1, 0.15) is 11.5 Å². The summed E-state index contributed by atoms with van der Waals surface area (Å²) in [5.41, 5.74) is 1.05. The molecule has 4 aromatic rings. The molecule has 4 rings (SSSR count). The predicted octanol–water partition coefficient (Wildman–Crippen LogP) is 4.84. The van der Waals surface area contributed by atoms with Crippen LogP contribution < -0.4 is 10.1 Å². The molecule has 0 spiro atoms. The lowest BCUT2D eigenvalue weighted by atomic mass is 9.68. The van der Waals surface area contributed by atoms with Gasteiger partial charge in [0.15, 0.2) is 5.75 Å². The van der Waals surface area contributed by atoms with E-state index in [1.807, 2.05) is 91.0 Å². The Hall–Kier alpha value is -4.98. The van der Waals surface area contributed by atoms with Gasteiger partial charge < -0.3 is 14.8 Å². The van der Waals surface area contributed by atoms with Crippen molar-refractivity contribution in [2.45, 2.75) is 17.9 Å². The molecule has 0 bridgehead atoms. The second-order valence-corrected chi connectivity index (χ2v) is 8.86. The van der Waals surface area contributed by atoms with Crippen LogP contribution in [0.15, 0.2) is 109 Å². The summed E-state index contributed by atoms with van der Waals surface area (Å²) in [4.78, 5) is 38.4. The molecule has 8 nitrogen and oxygen atoms in total. The van der Waals surface area contributed by atoms with Crippen molar-refractivity contribution >= 4 is 17.6 Å². The molecule has 0 aliphatic carbocycles. The fourth-order valence-corrected chi connectivity index (χ4v) is 4.80. The molecule has 0 saturated carbocycles. The largest absolute Gasteiger partial charge is 0.490 e. The van der Waals surface area contributed by atoms with Crippen molar-refractivity contribution in [3.05, 3.63) is 142 Å². The molecule has 0 aliphatic heterocycles. The van der Waals surface area contributed by atoms with Gasteiger partial charge in [0.25, 0.3) is 0 Å². The maximum absolute atomic E-state index is 14.5. The number of rotatable bonds is 10. The van der Waals surface area contributed by atoms with E-state index in [9.17, 15) is 19.7 Å². The summed E-state index contributed by atoms with van der Waals surface area (Å²) in [6.07, 6.45) is -0.0301. The fraction of sp³-hybridized carbons (Fsp3) is 0.161. The molecule has 1 atom stereocenters. The third kappa shape index (κ3) is 5.50. The van der Waals surface area contributed by atoms with Gasteiger partial charge in [0.2, 0.25) is 5.91 Å². The van der Waals surface area contributed by atoms with Crippen molar-refractivity contribution in [2.75, 3.05) is 14.2 Å². The highest BCUT2D eigenvalue weighted by molar-refractivity contribution is 5.98. The van der Waals surface area contributed by atoms with E-state index < -0.39 is 28.3 Å². The lowest BCUT2D eigenvalue weighted by molar-refractivity contribution is -0.385. The van der Waals surface area contributed by atoms with Gasteiger partial charge in [-0.1, -0.05) is 97.1 Å². The molecular weight excluding hydrogens is 496 g/mol. The van der Waals surface area contributed by atoms with E-state index in [0.717, 1.165) is 0 Å². The molecule has 0 aliphatic rings. The van der Waals surface area contributed by atoms with E-state index in [1.54, 1.807) is 6.07 Å². The van der Waals surface area contributed by atoms with Gasteiger partial charge in [0.05, 0.1) is 19.1 Å². The number of carbonyl (C=O) groups is 2. The van der Waals surface area contributed by atoms with Gasteiger partial charge in [-0.15, -0.1) is 0 Å². The summed E-state index contributed by atoms with van der Waals surface area (Å²) in [6.45, 7) is 0. The lowest BCUT2D eigenvalue weighted by Crippen LogP contribution is -2.52. The van der Waals surface area contributed by atoms with Gasteiger partial charge in [-0.2, -0.15) is 0 Å². The number of hydrogen-bond acceptors (Lipinski definition) is 6. The van der Waals surface area contributed by atoms with Gasteiger partial charge in [-0.25, -0.2) is 4.79 Å². The Labute approximate surface area is 226 Å². The first-order valence-electron chi connectivity index (χ1n) is 12.3. The van der Waals surface area contributed by atoms with E-state index in [1.165, 1.54) is 26.4 Å². The molecule has 0 radical (unpaired) electrons. The summed E-state index contributed by atoms with van der Waals surface area (Å²) in [6, 6.07) is 31.3. The first-order valence-corrected chi connectivity index (χ1v) is 12.3. The quantitative estimate of drug-likeness (QED) is 0.138. The number of nitrogens with one attached hydrogen (secondary N) is 1. The van der Waals surface area contributed by atoms with Gasteiger partial charge in [-0.05, 0) is 28.3 Å². The van der Waals surface area contributed by atoms with Crippen LogP contribution in [0.5, 0.6) is 5.75 Å². The van der Waals surface area contributed by atoms with E-state index in [0.29, 0.717) is 22.3 Å². The van der Waals surface area contributed by atoms with Crippen molar-refractivity contribution in [1.29, 1.82) is 0 Å². The molecule has 1 N–H and O–H groups in total. The Morgan fingerprint density at radius 2 is 1.31 bits per heavy atom. The average Bonchev–Trinajstić information content (AvgIpc) is 2.98. The number of hydrogen-bond donors (Lipinski definition) is 1. The summed E-state index contributed by atoms with van der Waals surface area (Å²) >= 11 is 0. The van der Waals surface area contributed by atoms with E-state index in [-0.39, 0.29) is 17.9 Å². The number of carbonyl (C=O) groups excluding carboxylic acids is 2. The Balaban J connectivity index is 1.82. The molecular formula is C31H28N2O6. The molecule has 1 amide bonds. The molecule has 198 valence electrons. The highest BCUT2D eigenvalue weighted by atomic mass is 16.6. The number of nitrogens with zero attached hydrogens (tertiary/aromatic N) is 1. The van der Waals surface area contributed by atoms with Gasteiger partial charge >= 0.3 is 11.7 Å².